The number of imide groups is 1. The first-order valence-electron chi connectivity index (χ1n) is 23.5. The molecule has 2 atom stereocenters. The van der Waals surface area contributed by atoms with Gasteiger partial charge in [0.1, 0.15) is 11.0 Å². The molecule has 1 spiro atoms. The van der Waals surface area contributed by atoms with E-state index in [9.17, 15) is 24.3 Å². The van der Waals surface area contributed by atoms with E-state index in [2.05, 4.69) is 37.6 Å². The molecule has 3 saturated heterocycles. The quantitative estimate of drug-likeness (QED) is 0.118. The van der Waals surface area contributed by atoms with Crippen molar-refractivity contribution >= 4 is 57.7 Å². The van der Waals surface area contributed by atoms with E-state index in [4.69, 9.17) is 21.6 Å². The van der Waals surface area contributed by atoms with Gasteiger partial charge < -0.3 is 20.2 Å². The van der Waals surface area contributed by atoms with Crippen LogP contribution in [0.25, 0.3) is 16.9 Å². The van der Waals surface area contributed by atoms with Crippen LogP contribution in [0.4, 0.5) is 17.3 Å². The second kappa shape index (κ2) is 18.1. The van der Waals surface area contributed by atoms with Crippen molar-refractivity contribution in [2.45, 2.75) is 89.2 Å². The second-order valence-electron chi connectivity index (χ2n) is 19.2. The maximum atomic E-state index is 13.7. The van der Waals surface area contributed by atoms with Gasteiger partial charge in [0, 0.05) is 80.4 Å². The molecule has 3 amide bonds. The first kappa shape index (κ1) is 44.0. The van der Waals surface area contributed by atoms with Gasteiger partial charge in [0.05, 0.1) is 18.2 Å². The Hall–Kier alpha value is -5.90. The van der Waals surface area contributed by atoms with Crippen molar-refractivity contribution in [2.24, 2.45) is 11.3 Å². The number of carbonyl (C=O) groups is 3. The Morgan fingerprint density at radius 3 is 2.42 bits per heavy atom. The summed E-state index contributed by atoms with van der Waals surface area (Å²) in [7, 11) is 0. The molecule has 10 rings (SSSR count). The van der Waals surface area contributed by atoms with Crippen LogP contribution in [-0.4, -0.2) is 103 Å². The van der Waals surface area contributed by atoms with Gasteiger partial charge in [-0.05, 0) is 136 Å². The van der Waals surface area contributed by atoms with Crippen LogP contribution in [-0.2, 0) is 21.7 Å². The summed E-state index contributed by atoms with van der Waals surface area (Å²) >= 11 is 6.49. The van der Waals surface area contributed by atoms with Gasteiger partial charge in [0.25, 0.3) is 11.5 Å². The number of piperazine rings is 1. The van der Waals surface area contributed by atoms with Crippen LogP contribution < -0.4 is 21.1 Å². The third kappa shape index (κ3) is 8.87. The van der Waals surface area contributed by atoms with E-state index in [-0.39, 0.29) is 29.7 Å². The van der Waals surface area contributed by atoms with Gasteiger partial charge in [0.2, 0.25) is 17.8 Å². The summed E-state index contributed by atoms with van der Waals surface area (Å²) < 4.78 is 3.33. The number of rotatable bonds is 7. The number of allylic oxidation sites excluding steroid dienone is 2. The Kier molecular flexibility index (Phi) is 12.0. The van der Waals surface area contributed by atoms with E-state index in [0.29, 0.717) is 81.8 Å². The molecule has 4 aliphatic heterocycles. The minimum Gasteiger partial charge on any atom is -0.384 e. The molecule has 0 radical (unpaired) electrons. The van der Waals surface area contributed by atoms with E-state index in [1.165, 1.54) is 31.4 Å². The molecule has 1 aliphatic carbocycles. The van der Waals surface area contributed by atoms with Crippen molar-refractivity contribution in [3.63, 3.8) is 0 Å². The summed E-state index contributed by atoms with van der Waals surface area (Å²) in [4.78, 5) is 72.7. The number of aromatic nitrogens is 5. The van der Waals surface area contributed by atoms with Gasteiger partial charge in [-0.3, -0.25) is 29.4 Å². The molecule has 4 fully saturated rings. The molecular formula is C50H57ClN10O5. The molecule has 16 heteroatoms. The van der Waals surface area contributed by atoms with Crippen molar-refractivity contribution < 1.29 is 19.5 Å². The normalized spacial score (nSPS) is 23.3. The number of amides is 3. The molecule has 344 valence electrons. The number of benzene rings is 2. The second-order valence-corrected chi connectivity index (χ2v) is 19.6. The number of nitrogens with zero attached hydrogens (tertiary/aromatic N) is 8. The largest absolute Gasteiger partial charge is 0.384 e. The van der Waals surface area contributed by atoms with E-state index in [1.807, 2.05) is 47.4 Å². The van der Waals surface area contributed by atoms with Crippen molar-refractivity contribution in [2.75, 3.05) is 56.0 Å². The number of aliphatic hydroxyl groups is 1. The molecule has 7 heterocycles. The van der Waals surface area contributed by atoms with Crippen LogP contribution >= 0.6 is 11.6 Å². The summed E-state index contributed by atoms with van der Waals surface area (Å²) in [5.74, 6) is 0.370. The van der Waals surface area contributed by atoms with E-state index in [0.717, 1.165) is 64.3 Å². The Morgan fingerprint density at radius 1 is 0.894 bits per heavy atom. The van der Waals surface area contributed by atoms with Gasteiger partial charge in [-0.15, -0.1) is 0 Å². The molecule has 5 aliphatic rings. The number of fused-ring (bicyclic) bond motifs is 6. The number of piperidine rings is 2. The third-order valence-electron chi connectivity index (χ3n) is 14.9. The van der Waals surface area contributed by atoms with E-state index >= 15 is 0 Å². The summed E-state index contributed by atoms with van der Waals surface area (Å²) in [5, 5.41) is 17.8. The maximum Gasteiger partial charge on any atom is 0.278 e. The lowest BCUT2D eigenvalue weighted by atomic mass is 9.65. The highest BCUT2D eigenvalue weighted by Crippen LogP contribution is 2.47. The average molecular weight is 914 g/mol. The Morgan fingerprint density at radius 2 is 1.67 bits per heavy atom. The molecule has 2 aromatic carbocycles. The standard InChI is InChI=1S/C50H57ClN10O5/c1-49(66)18-3-2-4-23-60-47(65)39-31-52-48(56-44(39)61(60)42-7-5-6-41(49)54-42)53-35-9-11-36(12-10-35)58-28-26-57(27-29-58)32-33-16-19-50(20-17-33)21-24-59(25-22-50)46(64)34-8-14-40(51)38(30-34)37-13-15-43(62)55-45(37)63/h2,4-12,14,30-31,33,37,66H,3,13,15-29,32H2,1H3,(H,52,53,56)(H,55,62,63)/b4-2-/t37?,49-/m1/s1. The highest BCUT2D eigenvalue weighted by molar-refractivity contribution is 6.32. The van der Waals surface area contributed by atoms with Gasteiger partial charge >= 0.3 is 0 Å². The zero-order chi connectivity index (χ0) is 45.6. The van der Waals surface area contributed by atoms with Gasteiger partial charge in [-0.1, -0.05) is 29.8 Å². The van der Waals surface area contributed by atoms with Crippen molar-refractivity contribution in [3.05, 3.63) is 111 Å². The lowest BCUT2D eigenvalue weighted by Crippen LogP contribution is -2.49. The van der Waals surface area contributed by atoms with Crippen molar-refractivity contribution in [3.8, 4) is 5.82 Å². The summed E-state index contributed by atoms with van der Waals surface area (Å²) in [6, 6.07) is 19.0. The fourth-order valence-corrected chi connectivity index (χ4v) is 11.1. The Balaban J connectivity index is 0.705. The summed E-state index contributed by atoms with van der Waals surface area (Å²) in [5.41, 5.74) is 3.11. The number of hydrogen-bond acceptors (Lipinski definition) is 11. The van der Waals surface area contributed by atoms with Gasteiger partial charge in [0.15, 0.2) is 11.5 Å². The molecule has 66 heavy (non-hydrogen) atoms. The number of likely N-dealkylation sites (tertiary alicyclic amines) is 1. The number of carbonyl (C=O) groups excluding carboxylic acids is 3. The molecule has 1 saturated carbocycles. The molecule has 5 aromatic rings. The predicted octanol–water partition coefficient (Wildman–Crippen LogP) is 6.69. The first-order valence-corrected chi connectivity index (χ1v) is 23.9. The predicted molar refractivity (Wildman–Crippen MR) is 253 cm³/mol. The zero-order valence-electron chi connectivity index (χ0n) is 37.4. The van der Waals surface area contributed by atoms with Crippen LogP contribution in [0, 0.1) is 11.3 Å². The van der Waals surface area contributed by atoms with Crippen LogP contribution in [0.3, 0.4) is 0 Å². The topological polar surface area (TPSA) is 171 Å². The fraction of sp³-hybridized carbons (Fsp3) is 0.460. The maximum absolute atomic E-state index is 13.7. The average Bonchev–Trinajstić information content (AvgIpc) is 3.59. The molecule has 2 bridgehead atoms. The van der Waals surface area contributed by atoms with Crippen molar-refractivity contribution in [1.82, 2.24) is 39.4 Å². The van der Waals surface area contributed by atoms with Crippen LogP contribution in [0.15, 0.2) is 83.8 Å². The van der Waals surface area contributed by atoms with Crippen LogP contribution in [0.2, 0.25) is 5.02 Å². The highest BCUT2D eigenvalue weighted by Gasteiger charge is 2.40. The number of anilines is 3. The first-order chi connectivity index (χ1) is 31.9. The monoisotopic (exact) mass is 912 g/mol. The Labute approximate surface area is 388 Å². The molecule has 15 nitrogen and oxygen atoms in total. The Bertz CT molecular complexity index is 2740. The molecular weight excluding hydrogens is 856 g/mol. The summed E-state index contributed by atoms with van der Waals surface area (Å²) in [6.45, 7) is 8.67. The lowest BCUT2D eigenvalue weighted by molar-refractivity contribution is -0.134. The van der Waals surface area contributed by atoms with E-state index in [1.54, 1.807) is 40.7 Å². The molecule has 1 unspecified atom stereocenters. The van der Waals surface area contributed by atoms with Gasteiger partial charge in [-0.2, -0.15) is 4.98 Å². The third-order valence-corrected chi connectivity index (χ3v) is 15.3. The lowest BCUT2D eigenvalue weighted by Gasteiger charge is -2.47. The SMILES string of the molecule is C[C@@]1(O)CC/C=C\Cn2c(=O)c3cnc(Nc4ccc(N5CCN(CC6CCC7(CC6)CCN(C(=O)c6ccc(Cl)c(C8CCC(=O)NC8=O)c6)CC7)CC5)cc4)nc3n2-c2cccc1n2. The number of pyridine rings is 1. The minimum atomic E-state index is -1.12. The molecule has 3 N–H and O–H groups in total. The van der Waals surface area contributed by atoms with E-state index < -0.39 is 11.5 Å². The van der Waals surface area contributed by atoms with Crippen LogP contribution in [0.1, 0.15) is 98.7 Å². The fourth-order valence-electron chi connectivity index (χ4n) is 10.8. The summed E-state index contributed by atoms with van der Waals surface area (Å²) in [6.07, 6.45) is 14.2. The zero-order valence-corrected chi connectivity index (χ0v) is 38.2. The number of halogens is 1. The smallest absolute Gasteiger partial charge is 0.278 e. The number of hydrogen-bond donors (Lipinski definition) is 3. The van der Waals surface area contributed by atoms with Gasteiger partial charge in [-0.25, -0.2) is 19.3 Å². The molecule has 3 aromatic heterocycles. The van der Waals surface area contributed by atoms with Crippen molar-refractivity contribution in [1.29, 1.82) is 0 Å². The highest BCUT2D eigenvalue weighted by atomic mass is 35.5. The minimum absolute atomic E-state index is 0.0216. The van der Waals surface area contributed by atoms with Crippen LogP contribution in [0.5, 0.6) is 0 Å². The number of nitrogens with one attached hydrogen (secondary N) is 2.